The number of amides is 1. The molecule has 22 heavy (non-hydrogen) atoms. The fourth-order valence-corrected chi connectivity index (χ4v) is 2.27. The van der Waals surface area contributed by atoms with E-state index in [1.54, 1.807) is 11.8 Å². The van der Waals surface area contributed by atoms with Crippen LogP contribution in [-0.4, -0.2) is 42.7 Å². The lowest BCUT2D eigenvalue weighted by atomic mass is 9.79. The maximum absolute atomic E-state index is 11.2. The Balaban J connectivity index is 2.00. The Kier molecular flexibility index (Phi) is 4.69. The summed E-state index contributed by atoms with van der Waals surface area (Å²) in [6, 6.07) is 8.25. The maximum Gasteiger partial charge on any atom is 0.494 e. The second-order valence-electron chi connectivity index (χ2n) is 7.02. The van der Waals surface area contributed by atoms with Crippen molar-refractivity contribution >= 4 is 18.5 Å². The third-order valence-electron chi connectivity index (χ3n) is 4.78. The van der Waals surface area contributed by atoms with Crippen molar-refractivity contribution in [2.75, 3.05) is 13.6 Å². The van der Waals surface area contributed by atoms with Crippen LogP contribution in [0.5, 0.6) is 0 Å². The van der Waals surface area contributed by atoms with Gasteiger partial charge in [-0.2, -0.15) is 0 Å². The van der Waals surface area contributed by atoms with Gasteiger partial charge in [-0.1, -0.05) is 24.3 Å². The molecule has 0 atom stereocenters. The minimum atomic E-state index is -0.320. The molecule has 0 aliphatic carbocycles. The van der Waals surface area contributed by atoms with Gasteiger partial charge in [0.05, 0.1) is 11.2 Å². The number of carbonyl (C=O) groups excluding carboxylic acids is 1. The number of hydrogen-bond donors (Lipinski definition) is 0. The third kappa shape index (κ3) is 3.53. The smallest absolute Gasteiger partial charge is 0.399 e. The highest BCUT2D eigenvalue weighted by Crippen LogP contribution is 2.36. The van der Waals surface area contributed by atoms with Crippen molar-refractivity contribution < 1.29 is 14.1 Å². The average molecular weight is 303 g/mol. The molecule has 1 aliphatic heterocycles. The number of likely N-dealkylation sites (N-methyl/N-ethyl adjacent to an activating group) is 1. The molecule has 1 fully saturated rings. The van der Waals surface area contributed by atoms with Crippen LogP contribution in [0.4, 0.5) is 0 Å². The van der Waals surface area contributed by atoms with Crippen LogP contribution in [0.15, 0.2) is 24.3 Å². The van der Waals surface area contributed by atoms with Crippen molar-refractivity contribution in [2.45, 2.75) is 52.2 Å². The van der Waals surface area contributed by atoms with E-state index in [0.29, 0.717) is 0 Å². The molecule has 0 bridgehead atoms. The zero-order valence-corrected chi connectivity index (χ0v) is 14.5. The summed E-state index contributed by atoms with van der Waals surface area (Å²) in [5.41, 5.74) is 1.59. The summed E-state index contributed by atoms with van der Waals surface area (Å²) >= 11 is 0. The van der Waals surface area contributed by atoms with E-state index in [0.717, 1.165) is 18.4 Å². The molecule has 0 saturated carbocycles. The molecule has 1 heterocycles. The molecule has 1 amide bonds. The lowest BCUT2D eigenvalue weighted by molar-refractivity contribution is -0.127. The van der Waals surface area contributed by atoms with Gasteiger partial charge in [-0.3, -0.25) is 4.79 Å². The third-order valence-corrected chi connectivity index (χ3v) is 4.78. The van der Waals surface area contributed by atoms with Gasteiger partial charge in [0, 0.05) is 20.5 Å². The van der Waals surface area contributed by atoms with E-state index in [1.165, 1.54) is 5.56 Å². The van der Waals surface area contributed by atoms with Crippen molar-refractivity contribution in [3.05, 3.63) is 29.8 Å². The summed E-state index contributed by atoms with van der Waals surface area (Å²) in [5.74, 6) is 0.0915. The summed E-state index contributed by atoms with van der Waals surface area (Å²) in [6.07, 6.45) is 0.847. The van der Waals surface area contributed by atoms with Gasteiger partial charge in [0.2, 0.25) is 5.91 Å². The number of carbonyl (C=O) groups is 1. The van der Waals surface area contributed by atoms with Crippen LogP contribution >= 0.6 is 0 Å². The molecule has 0 N–H and O–H groups in total. The molecule has 5 heteroatoms. The van der Waals surface area contributed by atoms with E-state index in [2.05, 4.69) is 39.8 Å². The Labute approximate surface area is 133 Å². The molecule has 0 radical (unpaired) electrons. The van der Waals surface area contributed by atoms with Crippen LogP contribution in [0.1, 0.15) is 40.2 Å². The molecule has 0 unspecified atom stereocenters. The lowest BCUT2D eigenvalue weighted by Crippen LogP contribution is -2.41. The lowest BCUT2D eigenvalue weighted by Gasteiger charge is -2.32. The minimum Gasteiger partial charge on any atom is -0.399 e. The molecule has 1 saturated heterocycles. The van der Waals surface area contributed by atoms with Gasteiger partial charge in [0.15, 0.2) is 0 Å². The first kappa shape index (κ1) is 17.0. The van der Waals surface area contributed by atoms with Crippen LogP contribution in [0.25, 0.3) is 0 Å². The summed E-state index contributed by atoms with van der Waals surface area (Å²) in [6.45, 7) is 10.5. The Morgan fingerprint density at radius 1 is 1.09 bits per heavy atom. The van der Waals surface area contributed by atoms with E-state index in [4.69, 9.17) is 9.31 Å². The molecule has 120 valence electrons. The van der Waals surface area contributed by atoms with Crippen molar-refractivity contribution in [2.24, 2.45) is 0 Å². The first-order chi connectivity index (χ1) is 10.1. The molecule has 0 aromatic heterocycles. The van der Waals surface area contributed by atoms with Crippen LogP contribution in [0.3, 0.4) is 0 Å². The van der Waals surface area contributed by atoms with Crippen molar-refractivity contribution in [1.82, 2.24) is 4.90 Å². The highest BCUT2D eigenvalue weighted by molar-refractivity contribution is 6.62. The SMILES string of the molecule is CC(=O)N(C)CCc1ccc(B2OC(C)(C)C(C)(C)O2)cc1. The Morgan fingerprint density at radius 3 is 2.05 bits per heavy atom. The van der Waals surface area contributed by atoms with Crippen molar-refractivity contribution in [3.8, 4) is 0 Å². The molecule has 1 aromatic carbocycles. The first-order valence-electron chi connectivity index (χ1n) is 7.78. The van der Waals surface area contributed by atoms with Gasteiger partial charge in [0.25, 0.3) is 0 Å². The predicted molar refractivity (Wildman–Crippen MR) is 89.2 cm³/mol. The fraction of sp³-hybridized carbons (Fsp3) is 0.588. The van der Waals surface area contributed by atoms with E-state index in [1.807, 2.05) is 19.2 Å². The summed E-state index contributed by atoms with van der Waals surface area (Å²) in [5, 5.41) is 0. The van der Waals surface area contributed by atoms with E-state index in [9.17, 15) is 4.79 Å². The van der Waals surface area contributed by atoms with Gasteiger partial charge in [-0.05, 0) is 45.1 Å². The summed E-state index contributed by atoms with van der Waals surface area (Å²) in [7, 11) is 1.50. The molecule has 4 nitrogen and oxygen atoms in total. The standard InChI is InChI=1S/C17H26BNO3/c1-13(20)19(6)12-11-14-7-9-15(10-8-14)18-21-16(2,3)17(4,5)22-18/h7-10H,11-12H2,1-6H3. The van der Waals surface area contributed by atoms with Gasteiger partial charge in [-0.25, -0.2) is 0 Å². The molecule has 1 aliphatic rings. The normalized spacial score (nSPS) is 19.3. The zero-order chi connectivity index (χ0) is 16.5. The predicted octanol–water partition coefficient (Wildman–Crippen LogP) is 2.01. The highest BCUT2D eigenvalue weighted by Gasteiger charge is 2.51. The number of benzene rings is 1. The van der Waals surface area contributed by atoms with Crippen LogP contribution in [-0.2, 0) is 20.5 Å². The molecular weight excluding hydrogens is 277 g/mol. The van der Waals surface area contributed by atoms with E-state index in [-0.39, 0.29) is 24.2 Å². The molecule has 0 spiro atoms. The second kappa shape index (κ2) is 6.05. The summed E-state index contributed by atoms with van der Waals surface area (Å²) < 4.78 is 12.1. The molecule has 2 rings (SSSR count). The van der Waals surface area contributed by atoms with Gasteiger partial charge >= 0.3 is 7.12 Å². The molecule has 1 aromatic rings. The highest BCUT2D eigenvalue weighted by atomic mass is 16.7. The van der Waals surface area contributed by atoms with Crippen molar-refractivity contribution in [3.63, 3.8) is 0 Å². The Morgan fingerprint density at radius 2 is 1.59 bits per heavy atom. The minimum absolute atomic E-state index is 0.0915. The first-order valence-corrected chi connectivity index (χ1v) is 7.78. The zero-order valence-electron chi connectivity index (χ0n) is 14.5. The maximum atomic E-state index is 11.2. The number of hydrogen-bond acceptors (Lipinski definition) is 3. The number of rotatable bonds is 4. The van der Waals surface area contributed by atoms with Gasteiger partial charge in [-0.15, -0.1) is 0 Å². The quantitative estimate of drug-likeness (QED) is 0.799. The average Bonchev–Trinajstić information content (AvgIpc) is 2.65. The van der Waals surface area contributed by atoms with Crippen molar-refractivity contribution in [1.29, 1.82) is 0 Å². The van der Waals surface area contributed by atoms with Crippen LogP contribution in [0, 0.1) is 0 Å². The Hall–Kier alpha value is -1.33. The molecular formula is C17H26BNO3. The Bertz CT molecular complexity index is 523. The summed E-state index contributed by atoms with van der Waals surface area (Å²) in [4.78, 5) is 12.9. The van der Waals surface area contributed by atoms with Crippen LogP contribution < -0.4 is 5.46 Å². The van der Waals surface area contributed by atoms with Gasteiger partial charge < -0.3 is 14.2 Å². The number of nitrogens with zero attached hydrogens (tertiary/aromatic N) is 1. The van der Waals surface area contributed by atoms with Gasteiger partial charge in [0.1, 0.15) is 0 Å². The second-order valence-corrected chi connectivity index (χ2v) is 7.02. The topological polar surface area (TPSA) is 38.8 Å². The largest absolute Gasteiger partial charge is 0.494 e. The van der Waals surface area contributed by atoms with E-state index < -0.39 is 0 Å². The van der Waals surface area contributed by atoms with Crippen LogP contribution in [0.2, 0.25) is 0 Å². The monoisotopic (exact) mass is 303 g/mol. The van der Waals surface area contributed by atoms with E-state index >= 15 is 0 Å². The fourth-order valence-electron chi connectivity index (χ4n) is 2.27.